The van der Waals surface area contributed by atoms with Gasteiger partial charge in [0.15, 0.2) is 0 Å². The molecule has 1 aromatic rings. The summed E-state index contributed by atoms with van der Waals surface area (Å²) in [6.07, 6.45) is 1.10. The maximum absolute atomic E-state index is 5.84. The fourth-order valence-corrected chi connectivity index (χ4v) is 3.49. The Labute approximate surface area is 102 Å². The Morgan fingerprint density at radius 1 is 1.44 bits per heavy atom. The number of benzene rings is 1. The summed E-state index contributed by atoms with van der Waals surface area (Å²) in [5.74, 6) is 0. The van der Waals surface area contributed by atoms with Crippen LogP contribution in [0, 0.1) is 0 Å². The van der Waals surface area contributed by atoms with Gasteiger partial charge < -0.3 is 10.6 Å². The van der Waals surface area contributed by atoms with E-state index in [1.54, 1.807) is 0 Å². The number of hydrogen-bond acceptors (Lipinski definition) is 3. The van der Waals surface area contributed by atoms with Crippen LogP contribution in [-0.4, -0.2) is 24.9 Å². The Hall–Kier alpha value is -0.670. The Morgan fingerprint density at radius 2 is 2.19 bits per heavy atom. The van der Waals surface area contributed by atoms with Gasteiger partial charge in [-0.1, -0.05) is 13.0 Å². The van der Waals surface area contributed by atoms with Gasteiger partial charge in [-0.2, -0.15) is 0 Å². The molecule has 2 unspecified atom stereocenters. The van der Waals surface area contributed by atoms with E-state index in [1.165, 1.54) is 16.1 Å². The zero-order valence-corrected chi connectivity index (χ0v) is 11.1. The van der Waals surface area contributed by atoms with Crippen LogP contribution in [-0.2, 0) is 6.42 Å². The molecule has 2 atom stereocenters. The molecule has 0 spiro atoms. The molecule has 0 saturated heterocycles. The third-order valence-corrected chi connectivity index (χ3v) is 4.94. The van der Waals surface area contributed by atoms with E-state index < -0.39 is 0 Å². The molecular weight excluding hydrogens is 216 g/mol. The summed E-state index contributed by atoms with van der Waals surface area (Å²) in [6.45, 7) is 5.19. The van der Waals surface area contributed by atoms with E-state index in [0.717, 1.165) is 13.0 Å². The molecule has 0 fully saturated rings. The maximum Gasteiger partial charge on any atom is 0.0504 e. The molecule has 0 bridgehead atoms. The zero-order valence-electron chi connectivity index (χ0n) is 10.2. The maximum atomic E-state index is 5.84. The van der Waals surface area contributed by atoms with Crippen molar-refractivity contribution in [1.29, 1.82) is 0 Å². The molecule has 0 aliphatic carbocycles. The first kappa shape index (κ1) is 11.8. The van der Waals surface area contributed by atoms with Gasteiger partial charge in [0.05, 0.1) is 5.69 Å². The topological polar surface area (TPSA) is 29.3 Å². The highest BCUT2D eigenvalue weighted by atomic mass is 32.2. The fourth-order valence-electron chi connectivity index (χ4n) is 2.14. The van der Waals surface area contributed by atoms with E-state index >= 15 is 0 Å². The van der Waals surface area contributed by atoms with Crippen molar-refractivity contribution >= 4 is 17.4 Å². The first-order valence-electron chi connectivity index (χ1n) is 5.89. The van der Waals surface area contributed by atoms with E-state index in [-0.39, 0.29) is 0 Å². The molecule has 2 nitrogen and oxygen atoms in total. The fraction of sp³-hybridized carbons (Fsp3) is 0.538. The van der Waals surface area contributed by atoms with Crippen molar-refractivity contribution in [1.82, 2.24) is 0 Å². The van der Waals surface area contributed by atoms with E-state index in [0.29, 0.717) is 11.3 Å². The Kier molecular flexibility index (Phi) is 3.45. The molecule has 2 rings (SSSR count). The van der Waals surface area contributed by atoms with Crippen molar-refractivity contribution in [3.05, 3.63) is 23.8 Å². The van der Waals surface area contributed by atoms with E-state index in [1.807, 2.05) is 11.8 Å². The standard InChI is InChI=1S/C13H20N2S/c1-4-10-5-6-11-12(7-10)16-13(8-14)9(2)15(11)3/h5-7,9,13H,4,8,14H2,1-3H3. The molecule has 3 heteroatoms. The molecule has 0 radical (unpaired) electrons. The van der Waals surface area contributed by atoms with Crippen LogP contribution in [0.5, 0.6) is 0 Å². The van der Waals surface area contributed by atoms with Crippen molar-refractivity contribution in [2.45, 2.75) is 36.5 Å². The third-order valence-electron chi connectivity index (χ3n) is 3.47. The average Bonchev–Trinajstić information content (AvgIpc) is 2.33. The Morgan fingerprint density at radius 3 is 2.81 bits per heavy atom. The van der Waals surface area contributed by atoms with Gasteiger partial charge in [-0.25, -0.2) is 0 Å². The van der Waals surface area contributed by atoms with Crippen LogP contribution in [0.1, 0.15) is 19.4 Å². The lowest BCUT2D eigenvalue weighted by molar-refractivity contribution is 0.636. The predicted molar refractivity (Wildman–Crippen MR) is 72.4 cm³/mol. The minimum absolute atomic E-state index is 0.504. The monoisotopic (exact) mass is 236 g/mol. The molecule has 1 aliphatic rings. The van der Waals surface area contributed by atoms with Gasteiger partial charge in [0.25, 0.3) is 0 Å². The van der Waals surface area contributed by atoms with Crippen molar-refractivity contribution < 1.29 is 0 Å². The second-order valence-corrected chi connectivity index (χ2v) is 5.68. The molecule has 1 aliphatic heterocycles. The molecule has 2 N–H and O–H groups in total. The van der Waals surface area contributed by atoms with E-state index in [4.69, 9.17) is 5.73 Å². The molecule has 88 valence electrons. The SMILES string of the molecule is CCc1ccc2c(c1)SC(CN)C(C)N2C. The van der Waals surface area contributed by atoms with Crippen molar-refractivity contribution in [2.75, 3.05) is 18.5 Å². The number of aryl methyl sites for hydroxylation is 1. The lowest BCUT2D eigenvalue weighted by Gasteiger charge is -2.39. The largest absolute Gasteiger partial charge is 0.370 e. The summed E-state index contributed by atoms with van der Waals surface area (Å²) in [6, 6.07) is 7.29. The van der Waals surface area contributed by atoms with Crippen LogP contribution >= 0.6 is 11.8 Å². The lowest BCUT2D eigenvalue weighted by atomic mass is 10.1. The zero-order chi connectivity index (χ0) is 11.7. The van der Waals surface area contributed by atoms with Gasteiger partial charge in [-0.05, 0) is 31.0 Å². The quantitative estimate of drug-likeness (QED) is 0.855. The number of hydrogen-bond donors (Lipinski definition) is 1. The predicted octanol–water partition coefficient (Wildman–Crippen LogP) is 2.51. The van der Waals surface area contributed by atoms with Crippen LogP contribution in [0.4, 0.5) is 5.69 Å². The molecule has 1 heterocycles. The van der Waals surface area contributed by atoms with Gasteiger partial charge in [0.2, 0.25) is 0 Å². The van der Waals surface area contributed by atoms with Crippen LogP contribution < -0.4 is 10.6 Å². The van der Waals surface area contributed by atoms with Gasteiger partial charge in [-0.3, -0.25) is 0 Å². The van der Waals surface area contributed by atoms with Gasteiger partial charge in [0, 0.05) is 29.8 Å². The summed E-state index contributed by atoms with van der Waals surface area (Å²) >= 11 is 1.93. The van der Waals surface area contributed by atoms with Crippen LogP contribution in [0.15, 0.2) is 23.1 Å². The summed E-state index contributed by atoms with van der Waals surface area (Å²) in [4.78, 5) is 3.73. The molecule has 0 saturated carbocycles. The summed E-state index contributed by atoms with van der Waals surface area (Å²) in [5, 5.41) is 0.504. The number of thioether (sulfide) groups is 1. The Balaban J connectivity index is 2.38. The highest BCUT2D eigenvalue weighted by Crippen LogP contribution is 2.40. The van der Waals surface area contributed by atoms with Crippen LogP contribution in [0.25, 0.3) is 0 Å². The number of rotatable bonds is 2. The van der Waals surface area contributed by atoms with Crippen LogP contribution in [0.2, 0.25) is 0 Å². The van der Waals surface area contributed by atoms with Gasteiger partial charge >= 0.3 is 0 Å². The molecule has 1 aromatic carbocycles. The second-order valence-electron chi connectivity index (χ2n) is 4.40. The molecular formula is C13H20N2S. The first-order chi connectivity index (χ1) is 7.67. The lowest BCUT2D eigenvalue weighted by Crippen LogP contribution is -2.43. The third kappa shape index (κ3) is 1.94. The Bertz CT molecular complexity index is 378. The highest BCUT2D eigenvalue weighted by Gasteiger charge is 2.28. The first-order valence-corrected chi connectivity index (χ1v) is 6.77. The van der Waals surface area contributed by atoms with E-state index in [9.17, 15) is 0 Å². The van der Waals surface area contributed by atoms with Gasteiger partial charge in [0.1, 0.15) is 0 Å². The minimum atomic E-state index is 0.504. The highest BCUT2D eigenvalue weighted by molar-refractivity contribution is 8.00. The smallest absolute Gasteiger partial charge is 0.0504 e. The molecule has 16 heavy (non-hydrogen) atoms. The molecule has 0 amide bonds. The van der Waals surface area contributed by atoms with Crippen molar-refractivity contribution in [3.63, 3.8) is 0 Å². The summed E-state index contributed by atoms with van der Waals surface area (Å²) < 4.78 is 0. The number of nitrogens with two attached hydrogens (primary N) is 1. The normalized spacial score (nSPS) is 24.4. The van der Waals surface area contributed by atoms with Crippen LogP contribution in [0.3, 0.4) is 0 Å². The van der Waals surface area contributed by atoms with E-state index in [2.05, 4.69) is 44.0 Å². The summed E-state index contributed by atoms with van der Waals surface area (Å²) in [5.41, 5.74) is 8.59. The second kappa shape index (κ2) is 4.68. The minimum Gasteiger partial charge on any atom is -0.370 e. The van der Waals surface area contributed by atoms with Gasteiger partial charge in [-0.15, -0.1) is 11.8 Å². The van der Waals surface area contributed by atoms with Crippen molar-refractivity contribution in [2.24, 2.45) is 5.73 Å². The average molecular weight is 236 g/mol. The summed E-state index contributed by atoms with van der Waals surface area (Å²) in [7, 11) is 2.16. The number of anilines is 1. The van der Waals surface area contributed by atoms with Crippen molar-refractivity contribution in [3.8, 4) is 0 Å². The number of nitrogens with zero attached hydrogens (tertiary/aromatic N) is 1. The number of fused-ring (bicyclic) bond motifs is 1. The molecule has 0 aromatic heterocycles.